The Bertz CT molecular complexity index is 748. The molecule has 0 radical (unpaired) electrons. The summed E-state index contributed by atoms with van der Waals surface area (Å²) in [7, 11) is 0. The number of fused-ring (bicyclic) bond motifs is 1. The third kappa shape index (κ3) is 2.91. The van der Waals surface area contributed by atoms with E-state index in [1.54, 1.807) is 0 Å². The lowest BCUT2D eigenvalue weighted by molar-refractivity contribution is 0.0753. The number of nitrogens with zero attached hydrogens (tertiary/aromatic N) is 3. The summed E-state index contributed by atoms with van der Waals surface area (Å²) in [5.41, 5.74) is 1.14. The molecule has 1 amide bonds. The molecule has 3 heterocycles. The highest BCUT2D eigenvalue weighted by Gasteiger charge is 2.29. The Labute approximate surface area is 144 Å². The number of carbonyl (C=O) groups excluding carboxylic acids is 1. The minimum Gasteiger partial charge on any atom is -0.483 e. The number of hydrogen-bond donors (Lipinski definition) is 0. The zero-order valence-electron chi connectivity index (χ0n) is 13.1. The van der Waals surface area contributed by atoms with Crippen LogP contribution in [0.1, 0.15) is 10.5 Å². The SMILES string of the molecule is O=C(c1nc(-c2ccccc2)nc2c1OCCO2)N1CCSCC1. The van der Waals surface area contributed by atoms with Gasteiger partial charge in [0.2, 0.25) is 5.75 Å². The fourth-order valence-electron chi connectivity index (χ4n) is 2.72. The van der Waals surface area contributed by atoms with E-state index in [-0.39, 0.29) is 5.91 Å². The molecule has 0 saturated carbocycles. The van der Waals surface area contributed by atoms with Crippen LogP contribution in [0.5, 0.6) is 11.6 Å². The highest BCUT2D eigenvalue weighted by atomic mass is 32.2. The zero-order chi connectivity index (χ0) is 16.4. The van der Waals surface area contributed by atoms with E-state index in [9.17, 15) is 4.79 Å². The van der Waals surface area contributed by atoms with Gasteiger partial charge in [-0.25, -0.2) is 4.98 Å². The van der Waals surface area contributed by atoms with Gasteiger partial charge in [-0.1, -0.05) is 30.3 Å². The molecular formula is C17H17N3O3S. The summed E-state index contributed by atoms with van der Waals surface area (Å²) in [5.74, 6) is 2.98. The monoisotopic (exact) mass is 343 g/mol. The van der Waals surface area contributed by atoms with Crippen molar-refractivity contribution in [3.63, 3.8) is 0 Å². The summed E-state index contributed by atoms with van der Waals surface area (Å²) in [5, 5.41) is 0. The molecule has 24 heavy (non-hydrogen) atoms. The van der Waals surface area contributed by atoms with Crippen LogP contribution in [0.4, 0.5) is 0 Å². The van der Waals surface area contributed by atoms with Gasteiger partial charge >= 0.3 is 0 Å². The Morgan fingerprint density at radius 3 is 2.58 bits per heavy atom. The van der Waals surface area contributed by atoms with Crippen LogP contribution in [-0.4, -0.2) is 58.6 Å². The van der Waals surface area contributed by atoms with E-state index in [0.29, 0.717) is 36.4 Å². The second kappa shape index (κ2) is 6.68. The number of rotatable bonds is 2. The highest BCUT2D eigenvalue weighted by molar-refractivity contribution is 7.99. The second-order valence-corrected chi connectivity index (χ2v) is 6.72. The van der Waals surface area contributed by atoms with Crippen molar-refractivity contribution in [1.82, 2.24) is 14.9 Å². The van der Waals surface area contributed by atoms with Gasteiger partial charge in [0.05, 0.1) is 0 Å². The quantitative estimate of drug-likeness (QED) is 0.832. The van der Waals surface area contributed by atoms with Crippen molar-refractivity contribution in [2.75, 3.05) is 37.8 Å². The van der Waals surface area contributed by atoms with Crippen molar-refractivity contribution in [3.05, 3.63) is 36.0 Å². The molecule has 1 fully saturated rings. The lowest BCUT2D eigenvalue weighted by Crippen LogP contribution is -2.39. The number of hydrogen-bond acceptors (Lipinski definition) is 6. The van der Waals surface area contributed by atoms with Gasteiger partial charge in [0.1, 0.15) is 13.2 Å². The summed E-state index contributed by atoms with van der Waals surface area (Å²) >= 11 is 1.86. The van der Waals surface area contributed by atoms with Crippen molar-refractivity contribution in [2.24, 2.45) is 0 Å². The summed E-state index contributed by atoms with van der Waals surface area (Å²) in [6, 6.07) is 9.59. The van der Waals surface area contributed by atoms with Gasteiger partial charge in [0.25, 0.3) is 11.8 Å². The van der Waals surface area contributed by atoms with Crippen LogP contribution in [-0.2, 0) is 0 Å². The van der Waals surface area contributed by atoms with Crippen LogP contribution in [0.3, 0.4) is 0 Å². The predicted octanol–water partition coefficient (Wildman–Crippen LogP) is 2.10. The predicted molar refractivity (Wildman–Crippen MR) is 91.7 cm³/mol. The van der Waals surface area contributed by atoms with Gasteiger partial charge in [-0.15, -0.1) is 0 Å². The Morgan fingerprint density at radius 2 is 1.79 bits per heavy atom. The number of aromatic nitrogens is 2. The molecule has 124 valence electrons. The molecule has 1 aromatic carbocycles. The number of amides is 1. The molecule has 2 aromatic rings. The smallest absolute Gasteiger partial charge is 0.276 e. The average molecular weight is 343 g/mol. The average Bonchev–Trinajstić information content (AvgIpc) is 2.68. The summed E-state index contributed by atoms with van der Waals surface area (Å²) < 4.78 is 11.3. The molecule has 0 atom stereocenters. The van der Waals surface area contributed by atoms with Gasteiger partial charge in [-0.3, -0.25) is 4.79 Å². The minimum absolute atomic E-state index is 0.114. The molecule has 2 aliphatic rings. The zero-order valence-corrected chi connectivity index (χ0v) is 13.9. The summed E-state index contributed by atoms with van der Waals surface area (Å²) in [4.78, 5) is 23.7. The molecule has 4 rings (SSSR count). The minimum atomic E-state index is -0.114. The molecule has 0 spiro atoms. The molecule has 0 aliphatic carbocycles. The normalized spacial score (nSPS) is 16.8. The third-order valence-corrected chi connectivity index (χ3v) is 4.88. The Morgan fingerprint density at radius 1 is 1.04 bits per heavy atom. The van der Waals surface area contributed by atoms with Crippen LogP contribution in [0.25, 0.3) is 11.4 Å². The lowest BCUT2D eigenvalue weighted by Gasteiger charge is -2.27. The molecule has 1 aromatic heterocycles. The van der Waals surface area contributed by atoms with E-state index in [1.165, 1.54) is 0 Å². The van der Waals surface area contributed by atoms with E-state index in [2.05, 4.69) is 9.97 Å². The standard InChI is InChI=1S/C17H17N3O3S/c21-17(20-6-10-24-11-7-20)13-14-16(23-9-8-22-14)19-15(18-13)12-4-2-1-3-5-12/h1-5H,6-11H2. The van der Waals surface area contributed by atoms with Crippen molar-refractivity contribution in [1.29, 1.82) is 0 Å². The first-order valence-corrected chi connectivity index (χ1v) is 9.08. The number of thioether (sulfide) groups is 1. The molecule has 1 saturated heterocycles. The molecule has 0 unspecified atom stereocenters. The maximum atomic E-state index is 12.9. The van der Waals surface area contributed by atoms with E-state index in [4.69, 9.17) is 9.47 Å². The molecular weight excluding hydrogens is 326 g/mol. The molecule has 7 heteroatoms. The van der Waals surface area contributed by atoms with Gasteiger partial charge in [-0.05, 0) is 0 Å². The molecule has 0 N–H and O–H groups in total. The van der Waals surface area contributed by atoms with Gasteiger partial charge < -0.3 is 14.4 Å². The van der Waals surface area contributed by atoms with E-state index >= 15 is 0 Å². The van der Waals surface area contributed by atoms with Crippen molar-refractivity contribution < 1.29 is 14.3 Å². The van der Waals surface area contributed by atoms with Crippen molar-refractivity contribution in [2.45, 2.75) is 0 Å². The maximum Gasteiger partial charge on any atom is 0.276 e. The molecule has 0 bridgehead atoms. The number of benzene rings is 1. The highest BCUT2D eigenvalue weighted by Crippen LogP contribution is 2.34. The first kappa shape index (κ1) is 15.3. The van der Waals surface area contributed by atoms with Gasteiger partial charge in [0.15, 0.2) is 11.5 Å². The topological polar surface area (TPSA) is 64.5 Å². The fraction of sp³-hybridized carbons (Fsp3) is 0.353. The van der Waals surface area contributed by atoms with E-state index in [1.807, 2.05) is 47.0 Å². The van der Waals surface area contributed by atoms with Crippen molar-refractivity contribution >= 4 is 17.7 Å². The Hall–Kier alpha value is -2.28. The van der Waals surface area contributed by atoms with E-state index < -0.39 is 0 Å². The molecule has 6 nitrogen and oxygen atoms in total. The number of carbonyl (C=O) groups is 1. The van der Waals surface area contributed by atoms with Crippen LogP contribution in [0.2, 0.25) is 0 Å². The third-order valence-electron chi connectivity index (χ3n) is 3.94. The summed E-state index contributed by atoms with van der Waals surface area (Å²) in [6.07, 6.45) is 0. The Balaban J connectivity index is 1.77. The van der Waals surface area contributed by atoms with E-state index in [0.717, 1.165) is 30.2 Å². The molecule has 2 aliphatic heterocycles. The van der Waals surface area contributed by atoms with Crippen LogP contribution in [0, 0.1) is 0 Å². The number of ether oxygens (including phenoxy) is 2. The Kier molecular flexibility index (Phi) is 4.25. The largest absolute Gasteiger partial charge is 0.483 e. The van der Waals surface area contributed by atoms with Gasteiger partial charge in [-0.2, -0.15) is 16.7 Å². The second-order valence-electron chi connectivity index (χ2n) is 5.50. The maximum absolute atomic E-state index is 12.9. The first-order chi connectivity index (χ1) is 11.8. The van der Waals surface area contributed by atoms with Crippen LogP contribution in [0.15, 0.2) is 30.3 Å². The van der Waals surface area contributed by atoms with Crippen LogP contribution < -0.4 is 9.47 Å². The van der Waals surface area contributed by atoms with Gasteiger partial charge in [0, 0.05) is 30.2 Å². The van der Waals surface area contributed by atoms with Crippen molar-refractivity contribution in [3.8, 4) is 23.0 Å². The van der Waals surface area contributed by atoms with Crippen LogP contribution >= 0.6 is 11.8 Å². The lowest BCUT2D eigenvalue weighted by atomic mass is 10.2. The summed E-state index contributed by atoms with van der Waals surface area (Å²) in [6.45, 7) is 2.27. The fourth-order valence-corrected chi connectivity index (χ4v) is 3.62. The first-order valence-electron chi connectivity index (χ1n) is 7.93.